The summed E-state index contributed by atoms with van der Waals surface area (Å²) in [6.45, 7) is 2.15. The Kier molecular flexibility index (Phi) is 4.07. The van der Waals surface area contributed by atoms with Crippen LogP contribution in [0, 0.1) is 11.8 Å². The van der Waals surface area contributed by atoms with Gasteiger partial charge in [0.15, 0.2) is 0 Å². The topological polar surface area (TPSA) is 26.3 Å². The summed E-state index contributed by atoms with van der Waals surface area (Å²) in [6.07, 6.45) is 3.86. The molecule has 0 atom stereocenters. The third kappa shape index (κ3) is 2.94. The van der Waals surface area contributed by atoms with Gasteiger partial charge in [-0.05, 0) is 53.8 Å². The van der Waals surface area contributed by atoms with Crippen molar-refractivity contribution in [3.63, 3.8) is 0 Å². The van der Waals surface area contributed by atoms with Gasteiger partial charge in [0.1, 0.15) is 0 Å². The van der Waals surface area contributed by atoms with Crippen LogP contribution in [0.5, 0.6) is 0 Å². The standard InChI is InChI=1S/C20H16O2/c1-2-22-20(21)10-6-3-7-15-11-12-17-14-16-8-4-5-9-18(16)19(17)13-15/h4-6,8-13H,2,14H2,1H3/b10-6-. The van der Waals surface area contributed by atoms with E-state index >= 15 is 0 Å². The average molecular weight is 288 g/mol. The number of carbonyl (C=O) groups is 1. The van der Waals surface area contributed by atoms with E-state index in [4.69, 9.17) is 4.74 Å². The normalized spacial score (nSPS) is 11.5. The predicted octanol–water partition coefficient (Wildman–Crippen LogP) is 3.73. The van der Waals surface area contributed by atoms with E-state index in [2.05, 4.69) is 48.2 Å². The fraction of sp³-hybridized carbons (Fsp3) is 0.150. The van der Waals surface area contributed by atoms with Crippen LogP contribution in [0.25, 0.3) is 11.1 Å². The predicted molar refractivity (Wildman–Crippen MR) is 87.3 cm³/mol. The van der Waals surface area contributed by atoms with Gasteiger partial charge in [-0.1, -0.05) is 42.2 Å². The Morgan fingerprint density at radius 2 is 2.00 bits per heavy atom. The number of ether oxygens (including phenoxy) is 1. The number of carbonyl (C=O) groups excluding carboxylic acids is 1. The van der Waals surface area contributed by atoms with Gasteiger partial charge >= 0.3 is 5.97 Å². The summed E-state index contributed by atoms with van der Waals surface area (Å²) in [5, 5.41) is 0. The Balaban J connectivity index is 1.81. The fourth-order valence-electron chi connectivity index (χ4n) is 2.63. The van der Waals surface area contributed by atoms with E-state index in [1.54, 1.807) is 6.92 Å². The molecular formula is C20H16O2. The number of esters is 1. The molecule has 1 aliphatic rings. The van der Waals surface area contributed by atoms with Gasteiger partial charge in [-0.3, -0.25) is 0 Å². The highest BCUT2D eigenvalue weighted by molar-refractivity contribution is 5.82. The summed E-state index contributed by atoms with van der Waals surface area (Å²) in [5.41, 5.74) is 6.21. The van der Waals surface area contributed by atoms with Crippen molar-refractivity contribution in [3.8, 4) is 23.0 Å². The highest BCUT2D eigenvalue weighted by Crippen LogP contribution is 2.36. The first kappa shape index (κ1) is 14.2. The monoisotopic (exact) mass is 288 g/mol. The van der Waals surface area contributed by atoms with Crippen molar-refractivity contribution in [2.24, 2.45) is 0 Å². The van der Waals surface area contributed by atoms with E-state index in [-0.39, 0.29) is 5.97 Å². The van der Waals surface area contributed by atoms with Crippen LogP contribution in [0.2, 0.25) is 0 Å². The van der Waals surface area contributed by atoms with Crippen molar-refractivity contribution in [2.45, 2.75) is 13.3 Å². The van der Waals surface area contributed by atoms with Crippen molar-refractivity contribution in [3.05, 3.63) is 71.3 Å². The summed E-state index contributed by atoms with van der Waals surface area (Å²) in [5.74, 6) is 5.57. The molecule has 1 aliphatic carbocycles. The molecular weight excluding hydrogens is 272 g/mol. The molecule has 0 saturated carbocycles. The Morgan fingerprint density at radius 1 is 1.18 bits per heavy atom. The van der Waals surface area contributed by atoms with E-state index in [9.17, 15) is 4.79 Å². The van der Waals surface area contributed by atoms with Gasteiger partial charge in [0, 0.05) is 11.6 Å². The quantitative estimate of drug-likeness (QED) is 0.408. The van der Waals surface area contributed by atoms with Gasteiger partial charge in [-0.15, -0.1) is 0 Å². The van der Waals surface area contributed by atoms with Gasteiger partial charge in [-0.2, -0.15) is 0 Å². The highest BCUT2D eigenvalue weighted by Gasteiger charge is 2.17. The van der Waals surface area contributed by atoms with Crippen LogP contribution < -0.4 is 0 Å². The second-order valence-electron chi connectivity index (χ2n) is 5.06. The lowest BCUT2D eigenvalue weighted by Crippen LogP contribution is -1.98. The van der Waals surface area contributed by atoms with Crippen molar-refractivity contribution >= 4 is 5.97 Å². The average Bonchev–Trinajstić information content (AvgIpc) is 2.90. The molecule has 108 valence electrons. The molecule has 0 amide bonds. The Labute approximate surface area is 130 Å². The third-order valence-electron chi connectivity index (χ3n) is 3.60. The summed E-state index contributed by atoms with van der Waals surface area (Å²) in [6, 6.07) is 14.7. The first-order valence-electron chi connectivity index (χ1n) is 7.34. The maximum Gasteiger partial charge on any atom is 0.331 e. The highest BCUT2D eigenvalue weighted by atomic mass is 16.5. The van der Waals surface area contributed by atoms with Crippen molar-refractivity contribution in [1.82, 2.24) is 0 Å². The zero-order chi connectivity index (χ0) is 15.4. The summed E-state index contributed by atoms with van der Waals surface area (Å²) >= 11 is 0. The molecule has 0 aromatic heterocycles. The number of hydrogen-bond donors (Lipinski definition) is 0. The van der Waals surface area contributed by atoms with Gasteiger partial charge < -0.3 is 4.74 Å². The molecule has 2 aromatic rings. The third-order valence-corrected chi connectivity index (χ3v) is 3.60. The Morgan fingerprint density at radius 3 is 2.86 bits per heavy atom. The maximum absolute atomic E-state index is 11.2. The minimum atomic E-state index is -0.361. The molecule has 0 unspecified atom stereocenters. The summed E-state index contributed by atoms with van der Waals surface area (Å²) in [4.78, 5) is 11.2. The SMILES string of the molecule is CCOC(=O)/C=C\C#Cc1ccc2c(c1)-c1ccccc1C2. The fourth-order valence-corrected chi connectivity index (χ4v) is 2.63. The molecule has 2 nitrogen and oxygen atoms in total. The van der Waals surface area contributed by atoms with Crippen LogP contribution in [-0.2, 0) is 16.0 Å². The largest absolute Gasteiger partial charge is 0.463 e. The van der Waals surface area contributed by atoms with Crippen LogP contribution >= 0.6 is 0 Å². The Hall–Kier alpha value is -2.79. The molecule has 22 heavy (non-hydrogen) atoms. The maximum atomic E-state index is 11.2. The number of allylic oxidation sites excluding steroid dienone is 1. The number of rotatable bonds is 2. The molecule has 0 spiro atoms. The van der Waals surface area contributed by atoms with Gasteiger partial charge in [0.05, 0.1) is 6.61 Å². The minimum Gasteiger partial charge on any atom is -0.463 e. The summed E-state index contributed by atoms with van der Waals surface area (Å²) < 4.78 is 4.80. The number of hydrogen-bond acceptors (Lipinski definition) is 2. The van der Waals surface area contributed by atoms with Crippen molar-refractivity contribution in [1.29, 1.82) is 0 Å². The first-order valence-corrected chi connectivity index (χ1v) is 7.34. The van der Waals surface area contributed by atoms with E-state index in [1.807, 2.05) is 6.07 Å². The molecule has 2 aromatic carbocycles. The van der Waals surface area contributed by atoms with Crippen LogP contribution in [0.4, 0.5) is 0 Å². The van der Waals surface area contributed by atoms with Gasteiger partial charge in [0.2, 0.25) is 0 Å². The van der Waals surface area contributed by atoms with E-state index in [1.165, 1.54) is 34.4 Å². The molecule has 0 radical (unpaired) electrons. The lowest BCUT2D eigenvalue weighted by atomic mass is 10.0. The first-order chi connectivity index (χ1) is 10.8. The lowest BCUT2D eigenvalue weighted by molar-refractivity contribution is -0.137. The summed E-state index contributed by atoms with van der Waals surface area (Å²) in [7, 11) is 0. The zero-order valence-corrected chi connectivity index (χ0v) is 12.4. The lowest BCUT2D eigenvalue weighted by Gasteiger charge is -2.01. The minimum absolute atomic E-state index is 0.361. The van der Waals surface area contributed by atoms with Crippen LogP contribution in [0.3, 0.4) is 0 Å². The van der Waals surface area contributed by atoms with Gasteiger partial charge in [0.25, 0.3) is 0 Å². The van der Waals surface area contributed by atoms with E-state index < -0.39 is 0 Å². The second-order valence-corrected chi connectivity index (χ2v) is 5.06. The number of fused-ring (bicyclic) bond motifs is 3. The molecule has 0 aliphatic heterocycles. The Bertz CT molecular complexity index is 804. The second kappa shape index (κ2) is 6.32. The molecule has 2 heteroatoms. The molecule has 0 fully saturated rings. The van der Waals surface area contributed by atoms with Crippen LogP contribution in [-0.4, -0.2) is 12.6 Å². The van der Waals surface area contributed by atoms with Crippen LogP contribution in [0.15, 0.2) is 54.6 Å². The molecule has 0 saturated heterocycles. The smallest absolute Gasteiger partial charge is 0.331 e. The zero-order valence-electron chi connectivity index (χ0n) is 12.4. The molecule has 0 N–H and O–H groups in total. The van der Waals surface area contributed by atoms with E-state index in [0.29, 0.717) is 6.61 Å². The van der Waals surface area contributed by atoms with Crippen molar-refractivity contribution < 1.29 is 9.53 Å². The van der Waals surface area contributed by atoms with Crippen molar-refractivity contribution in [2.75, 3.05) is 6.61 Å². The van der Waals surface area contributed by atoms with E-state index in [0.717, 1.165) is 12.0 Å². The number of benzene rings is 2. The molecule has 3 rings (SSSR count). The molecule has 0 bridgehead atoms. The molecule has 0 heterocycles. The van der Waals surface area contributed by atoms with Gasteiger partial charge in [-0.25, -0.2) is 4.79 Å². The van der Waals surface area contributed by atoms with Crippen LogP contribution in [0.1, 0.15) is 23.6 Å².